The Morgan fingerprint density at radius 2 is 1.49 bits per heavy atom. The van der Waals surface area contributed by atoms with Crippen LogP contribution in [0.25, 0.3) is 11.2 Å². The summed E-state index contributed by atoms with van der Waals surface area (Å²) < 4.78 is 38.9. The fourth-order valence-electron chi connectivity index (χ4n) is 6.83. The van der Waals surface area contributed by atoms with Crippen LogP contribution in [0.5, 0.6) is 0 Å². The number of rotatable bonds is 18. The van der Waals surface area contributed by atoms with Crippen LogP contribution in [0.15, 0.2) is 61.1 Å². The van der Waals surface area contributed by atoms with Crippen molar-refractivity contribution >= 4 is 64.6 Å². The third kappa shape index (κ3) is 13.4. The first-order valence-corrected chi connectivity index (χ1v) is 24.4. The summed E-state index contributed by atoms with van der Waals surface area (Å²) in [5.74, 6) is 1.06. The molecule has 0 saturated carbocycles. The number of hydrogen-bond acceptors (Lipinski definition) is 15. The molecule has 342 valence electrons. The van der Waals surface area contributed by atoms with Crippen LogP contribution in [0.4, 0.5) is 11.8 Å². The maximum atomic E-state index is 12.7. The molecule has 63 heavy (non-hydrogen) atoms. The van der Waals surface area contributed by atoms with Gasteiger partial charge in [-0.05, 0) is 58.6 Å². The van der Waals surface area contributed by atoms with Crippen molar-refractivity contribution in [1.82, 2.24) is 29.1 Å². The van der Waals surface area contributed by atoms with E-state index < -0.39 is 28.7 Å². The van der Waals surface area contributed by atoms with Crippen molar-refractivity contribution in [2.45, 2.75) is 118 Å². The molecule has 4 aromatic rings. The van der Waals surface area contributed by atoms with Gasteiger partial charge in [0, 0.05) is 62.8 Å². The van der Waals surface area contributed by atoms with Crippen LogP contribution < -0.4 is 16.6 Å². The average molecular weight is 911 g/mol. The molecule has 1 aromatic carbocycles. The second-order valence-electron chi connectivity index (χ2n) is 15.0. The summed E-state index contributed by atoms with van der Waals surface area (Å²) in [6.07, 6.45) is 7.43. The number of aryl methyl sites for hydroxylation is 2. The van der Waals surface area contributed by atoms with Gasteiger partial charge >= 0.3 is 5.69 Å². The molecule has 2 fully saturated rings. The number of imidazole rings is 1. The van der Waals surface area contributed by atoms with Crippen molar-refractivity contribution < 1.29 is 32.4 Å². The number of nitrogens with zero attached hydrogens (tertiary/aromatic N) is 8. The minimum Gasteiger partial charge on any atom is -0.437 e. The van der Waals surface area contributed by atoms with E-state index in [1.54, 1.807) is 43.6 Å². The first kappa shape index (κ1) is 49.2. The van der Waals surface area contributed by atoms with E-state index in [0.29, 0.717) is 48.5 Å². The zero-order valence-corrected chi connectivity index (χ0v) is 39.4. The van der Waals surface area contributed by atoms with E-state index in [1.807, 2.05) is 65.5 Å². The van der Waals surface area contributed by atoms with Gasteiger partial charge in [-0.2, -0.15) is 9.97 Å². The first-order valence-electron chi connectivity index (χ1n) is 21.2. The summed E-state index contributed by atoms with van der Waals surface area (Å²) in [4.78, 5) is 65.8. The maximum Gasteiger partial charge on any atom is 0.351 e. The Bertz CT molecular complexity index is 2320. The van der Waals surface area contributed by atoms with E-state index >= 15 is 0 Å². The maximum absolute atomic E-state index is 12.7. The standard InChI is InChI=1S/C22H29N4O5P.C20H31N6O4P/c1-5-17-18(31-32(4)29-14-23-6-2)12-19(30-17)26-13-15(3)20(25-22(26)28)24-21(27)16-10-8-7-9-11-16;1-7-14-15(30-31(6)28-11-21-8-2)9-16(29-14)26-13(5)23-17-18(26)24-20(25-19(17)27)22-10-12(3)4/h7-11,13-14,17-19H,5-6,12H2,1-4H3,(H,24,25,27,28);10-12,14-16H,7-9H2,1-6H3,(H,24,25,27). The summed E-state index contributed by atoms with van der Waals surface area (Å²) >= 11 is 0. The highest BCUT2D eigenvalue weighted by Gasteiger charge is 2.40. The van der Waals surface area contributed by atoms with E-state index in [2.05, 4.69) is 47.2 Å². The van der Waals surface area contributed by atoms with Gasteiger partial charge in [-0.25, -0.2) is 14.8 Å². The fraction of sp³-hybridized carbons (Fsp3) is 0.548. The third-order valence-electron chi connectivity index (χ3n) is 9.85. The minimum absolute atomic E-state index is 0.0982. The van der Waals surface area contributed by atoms with Crippen LogP contribution in [0.1, 0.15) is 101 Å². The largest absolute Gasteiger partial charge is 0.437 e. The highest BCUT2D eigenvalue weighted by molar-refractivity contribution is 7.47. The fourth-order valence-corrected chi connectivity index (χ4v) is 8.54. The molecular weight excluding hydrogens is 850 g/mol. The molecule has 2 N–H and O–H groups in total. The SMILES string of the molecule is CCN=COP(C)OC1CC(n2c(C)nc3c(=O)[nH]c(N=CC(C)C)nc32)OC1CC.CCN=COP(C)OC1CC(n2cc(C)c(NC(=O)c3ccccc3)nc2=O)OC1CC. The number of hydrogen-bond donors (Lipinski definition) is 2. The predicted octanol–water partition coefficient (Wildman–Crippen LogP) is 7.77. The number of anilines is 1. The summed E-state index contributed by atoms with van der Waals surface area (Å²) in [6, 6.07) is 8.78. The molecule has 0 spiro atoms. The quantitative estimate of drug-likeness (QED) is 0.0556. The number of aromatic amines is 1. The lowest BCUT2D eigenvalue weighted by atomic mass is 10.1. The van der Waals surface area contributed by atoms with Gasteiger partial charge in [0.05, 0.1) is 24.4 Å². The molecule has 2 aliphatic heterocycles. The second-order valence-corrected chi connectivity index (χ2v) is 17.6. The van der Waals surface area contributed by atoms with Gasteiger partial charge in [0.1, 0.15) is 24.1 Å². The van der Waals surface area contributed by atoms with Crippen LogP contribution >= 0.6 is 16.8 Å². The number of benzene rings is 1. The van der Waals surface area contributed by atoms with Crippen LogP contribution in [0.3, 0.4) is 0 Å². The minimum atomic E-state index is -1.15. The number of amides is 1. The number of ether oxygens (including phenoxy) is 2. The van der Waals surface area contributed by atoms with E-state index in [4.69, 9.17) is 27.6 Å². The molecule has 5 heterocycles. The Hall–Kier alpha value is -4.77. The predicted molar refractivity (Wildman–Crippen MR) is 247 cm³/mol. The number of carbonyl (C=O) groups is 1. The lowest BCUT2D eigenvalue weighted by Gasteiger charge is -2.20. The lowest BCUT2D eigenvalue weighted by molar-refractivity contribution is -0.0176. The van der Waals surface area contributed by atoms with Crippen LogP contribution in [0, 0.1) is 19.8 Å². The van der Waals surface area contributed by atoms with Gasteiger partial charge in [0.15, 0.2) is 24.0 Å². The number of aliphatic imine (C=N–C) groups is 3. The molecule has 19 nitrogen and oxygen atoms in total. The lowest BCUT2D eigenvalue weighted by Crippen LogP contribution is -2.29. The molecule has 6 rings (SSSR count). The average Bonchev–Trinajstić information content (AvgIpc) is 3.96. The molecule has 1 amide bonds. The molecule has 0 radical (unpaired) electrons. The van der Waals surface area contributed by atoms with Crippen molar-refractivity contribution in [3.8, 4) is 0 Å². The molecule has 8 unspecified atom stereocenters. The van der Waals surface area contributed by atoms with Crippen molar-refractivity contribution in [1.29, 1.82) is 0 Å². The van der Waals surface area contributed by atoms with Crippen molar-refractivity contribution in [2.75, 3.05) is 31.7 Å². The smallest absolute Gasteiger partial charge is 0.351 e. The number of carbonyl (C=O) groups excluding carboxylic acids is 1. The zero-order chi connectivity index (χ0) is 45.6. The van der Waals surface area contributed by atoms with Crippen LogP contribution in [-0.4, -0.2) is 105 Å². The topological polar surface area (TPSA) is 220 Å². The third-order valence-corrected chi connectivity index (χ3v) is 11.8. The first-order chi connectivity index (χ1) is 30.3. The second kappa shape index (κ2) is 23.8. The normalized spacial score (nSPS) is 22.3. The summed E-state index contributed by atoms with van der Waals surface area (Å²) in [5.41, 5.74) is 1.07. The van der Waals surface area contributed by atoms with Gasteiger partial charge < -0.3 is 32.9 Å². The van der Waals surface area contributed by atoms with E-state index in [9.17, 15) is 14.4 Å². The van der Waals surface area contributed by atoms with E-state index in [1.165, 1.54) is 17.4 Å². The summed E-state index contributed by atoms with van der Waals surface area (Å²) in [5, 5.41) is 2.71. The Morgan fingerprint density at radius 1 is 0.905 bits per heavy atom. The number of fused-ring (bicyclic) bond motifs is 1. The van der Waals surface area contributed by atoms with E-state index in [-0.39, 0.29) is 65.3 Å². The molecule has 2 aliphatic rings. The molecule has 0 bridgehead atoms. The Balaban J connectivity index is 0.000000238. The Morgan fingerprint density at radius 3 is 2.06 bits per heavy atom. The molecule has 2 saturated heterocycles. The summed E-state index contributed by atoms with van der Waals surface area (Å²) in [7, 11) is -2.27. The van der Waals surface area contributed by atoms with Crippen LogP contribution in [0.2, 0.25) is 0 Å². The molecule has 0 aliphatic carbocycles. The highest BCUT2D eigenvalue weighted by Crippen LogP contribution is 2.44. The number of aromatic nitrogens is 6. The number of nitrogens with one attached hydrogen (secondary N) is 2. The van der Waals surface area contributed by atoms with Gasteiger partial charge in [-0.15, -0.1) is 0 Å². The Kier molecular flexibility index (Phi) is 18.6. The van der Waals surface area contributed by atoms with Crippen LogP contribution in [-0.2, 0) is 27.6 Å². The van der Waals surface area contributed by atoms with Crippen molar-refractivity contribution in [2.24, 2.45) is 20.9 Å². The molecule has 3 aromatic heterocycles. The van der Waals surface area contributed by atoms with Gasteiger partial charge in [-0.3, -0.25) is 33.7 Å². The van der Waals surface area contributed by atoms with Crippen molar-refractivity contribution in [3.05, 3.63) is 74.3 Å². The zero-order valence-electron chi connectivity index (χ0n) is 37.6. The molecule has 8 atom stereocenters. The van der Waals surface area contributed by atoms with Gasteiger partial charge in [0.2, 0.25) is 22.7 Å². The summed E-state index contributed by atoms with van der Waals surface area (Å²) in [6.45, 7) is 20.6. The molecule has 21 heteroatoms. The van der Waals surface area contributed by atoms with E-state index in [0.717, 1.165) is 12.8 Å². The monoisotopic (exact) mass is 910 g/mol. The van der Waals surface area contributed by atoms with Gasteiger partial charge in [-0.1, -0.05) is 45.9 Å². The Labute approximate surface area is 370 Å². The van der Waals surface area contributed by atoms with Gasteiger partial charge in [0.25, 0.3) is 11.5 Å². The molecular formula is C42H60N10O9P2. The highest BCUT2D eigenvalue weighted by atomic mass is 31.2. The van der Waals surface area contributed by atoms with Crippen molar-refractivity contribution in [3.63, 3.8) is 0 Å². The number of H-pyrrole nitrogens is 1.